The number of halogens is 2. The monoisotopic (exact) mass is 440 g/mol. The van der Waals surface area contributed by atoms with Crippen LogP contribution in [-0.2, 0) is 4.79 Å². The van der Waals surface area contributed by atoms with Crippen LogP contribution in [0.3, 0.4) is 0 Å². The quantitative estimate of drug-likeness (QED) is 0.663. The average molecular weight is 441 g/mol. The molecule has 1 aliphatic heterocycles. The normalized spacial score (nSPS) is 23.6. The van der Waals surface area contributed by atoms with E-state index in [1.54, 1.807) is 35.6 Å². The number of carbonyl (C=O) groups is 2. The lowest BCUT2D eigenvalue weighted by Gasteiger charge is -2.36. The van der Waals surface area contributed by atoms with Gasteiger partial charge in [-0.2, -0.15) is 0 Å². The molecular weight excluding hydrogens is 419 g/mol. The van der Waals surface area contributed by atoms with E-state index in [4.69, 9.17) is 11.6 Å². The number of anilines is 1. The van der Waals surface area contributed by atoms with Crippen molar-refractivity contribution in [1.82, 2.24) is 14.7 Å². The van der Waals surface area contributed by atoms with Crippen molar-refractivity contribution in [2.75, 3.05) is 11.4 Å². The number of amides is 2. The molecule has 8 heteroatoms. The van der Waals surface area contributed by atoms with E-state index in [0.717, 1.165) is 24.9 Å². The standard InChI is InChI=1S/C23H22ClFN4O2/c24-18-13-16(25)2-3-19(18)29-11-9-23(22(29)31)7-5-17(6-8-23)27-21(30)15-1-4-20-26-10-12-28(20)14-15/h1-4,10,12-14,17H,5-9,11H2,(H,27,30). The van der Waals surface area contributed by atoms with Gasteiger partial charge in [-0.25, -0.2) is 9.37 Å². The first-order valence-electron chi connectivity index (χ1n) is 10.5. The van der Waals surface area contributed by atoms with Crippen LogP contribution in [0.15, 0.2) is 48.9 Å². The Morgan fingerprint density at radius 1 is 1.19 bits per heavy atom. The number of fused-ring (bicyclic) bond motifs is 1. The molecule has 0 unspecified atom stereocenters. The summed E-state index contributed by atoms with van der Waals surface area (Å²) in [6.07, 6.45) is 8.94. The fourth-order valence-corrected chi connectivity index (χ4v) is 5.12. The minimum Gasteiger partial charge on any atom is -0.349 e. The maximum atomic E-state index is 13.4. The first-order valence-corrected chi connectivity index (χ1v) is 10.8. The molecule has 1 saturated carbocycles. The summed E-state index contributed by atoms with van der Waals surface area (Å²) in [4.78, 5) is 31.8. The van der Waals surface area contributed by atoms with Crippen LogP contribution in [0.5, 0.6) is 0 Å². The number of carbonyl (C=O) groups excluding carboxylic acids is 2. The van der Waals surface area contributed by atoms with Gasteiger partial charge < -0.3 is 14.6 Å². The minimum absolute atomic E-state index is 0.0351. The summed E-state index contributed by atoms with van der Waals surface area (Å²) in [7, 11) is 0. The molecule has 1 saturated heterocycles. The van der Waals surface area contributed by atoms with E-state index < -0.39 is 11.2 Å². The van der Waals surface area contributed by atoms with Crippen molar-refractivity contribution in [1.29, 1.82) is 0 Å². The summed E-state index contributed by atoms with van der Waals surface area (Å²) in [6.45, 7) is 0.576. The first kappa shape index (κ1) is 20.0. The third-order valence-corrected chi connectivity index (χ3v) is 6.94. The number of pyridine rings is 1. The lowest BCUT2D eigenvalue weighted by Crippen LogP contribution is -2.44. The SMILES string of the molecule is O=C(NC1CCC2(CC1)CCN(c1ccc(F)cc1Cl)C2=O)c1ccc2nccn2c1. The van der Waals surface area contributed by atoms with Crippen molar-refractivity contribution in [3.63, 3.8) is 0 Å². The number of nitrogens with zero attached hydrogens (tertiary/aromatic N) is 3. The number of rotatable bonds is 3. The van der Waals surface area contributed by atoms with E-state index in [-0.39, 0.29) is 22.9 Å². The Hall–Kier alpha value is -2.93. The fourth-order valence-electron chi connectivity index (χ4n) is 4.85. The summed E-state index contributed by atoms with van der Waals surface area (Å²) in [5, 5.41) is 3.36. The molecule has 5 rings (SSSR count). The summed E-state index contributed by atoms with van der Waals surface area (Å²) in [5.74, 6) is -0.482. The average Bonchev–Trinajstić information content (AvgIpc) is 3.35. The highest BCUT2D eigenvalue weighted by Crippen LogP contribution is 2.47. The zero-order valence-electron chi connectivity index (χ0n) is 16.9. The molecule has 2 aliphatic rings. The molecule has 0 bridgehead atoms. The van der Waals surface area contributed by atoms with E-state index in [1.807, 2.05) is 10.5 Å². The molecule has 2 fully saturated rings. The van der Waals surface area contributed by atoms with E-state index in [0.29, 0.717) is 30.6 Å². The number of benzene rings is 1. The highest BCUT2D eigenvalue weighted by atomic mass is 35.5. The van der Waals surface area contributed by atoms with E-state index in [2.05, 4.69) is 10.3 Å². The molecule has 2 aromatic heterocycles. The molecular formula is C23H22ClFN4O2. The molecule has 1 N–H and O–H groups in total. The van der Waals surface area contributed by atoms with Crippen LogP contribution in [0.2, 0.25) is 5.02 Å². The highest BCUT2D eigenvalue weighted by molar-refractivity contribution is 6.34. The maximum absolute atomic E-state index is 13.4. The summed E-state index contributed by atoms with van der Waals surface area (Å²) >= 11 is 6.18. The largest absolute Gasteiger partial charge is 0.349 e. The third-order valence-electron chi connectivity index (χ3n) is 6.64. The van der Waals surface area contributed by atoms with Gasteiger partial charge >= 0.3 is 0 Å². The van der Waals surface area contributed by atoms with Crippen LogP contribution in [0.4, 0.5) is 10.1 Å². The molecule has 160 valence electrons. The zero-order chi connectivity index (χ0) is 21.6. The second-order valence-corrected chi connectivity index (χ2v) is 8.85. The smallest absolute Gasteiger partial charge is 0.252 e. The van der Waals surface area contributed by atoms with Crippen LogP contribution < -0.4 is 10.2 Å². The predicted molar refractivity (Wildman–Crippen MR) is 116 cm³/mol. The maximum Gasteiger partial charge on any atom is 0.252 e. The van der Waals surface area contributed by atoms with E-state index in [1.165, 1.54) is 12.1 Å². The lowest BCUT2D eigenvalue weighted by molar-refractivity contribution is -0.127. The number of nitrogens with one attached hydrogen (secondary N) is 1. The Morgan fingerprint density at radius 2 is 2.00 bits per heavy atom. The predicted octanol–water partition coefficient (Wildman–Crippen LogP) is 4.22. The summed E-state index contributed by atoms with van der Waals surface area (Å²) in [6, 6.07) is 7.75. The molecule has 1 aromatic carbocycles. The van der Waals surface area contributed by atoms with Gasteiger partial charge in [0.1, 0.15) is 11.5 Å². The summed E-state index contributed by atoms with van der Waals surface area (Å²) < 4.78 is 15.2. The number of hydrogen-bond donors (Lipinski definition) is 1. The Kier molecular flexibility index (Phi) is 4.93. The Balaban J connectivity index is 1.23. The third kappa shape index (κ3) is 3.57. The molecule has 6 nitrogen and oxygen atoms in total. The number of hydrogen-bond acceptors (Lipinski definition) is 3. The molecule has 3 aromatic rings. The van der Waals surface area contributed by atoms with E-state index in [9.17, 15) is 14.0 Å². The van der Waals surface area contributed by atoms with Crippen LogP contribution in [0.25, 0.3) is 5.65 Å². The number of aromatic nitrogens is 2. The number of imidazole rings is 1. The Morgan fingerprint density at radius 3 is 2.77 bits per heavy atom. The van der Waals surface area contributed by atoms with Gasteiger partial charge in [-0.3, -0.25) is 9.59 Å². The molecule has 2 amide bonds. The van der Waals surface area contributed by atoms with Crippen LogP contribution in [0.1, 0.15) is 42.5 Å². The van der Waals surface area contributed by atoms with Crippen LogP contribution in [0, 0.1) is 11.2 Å². The van der Waals surface area contributed by atoms with Crippen molar-refractivity contribution < 1.29 is 14.0 Å². The molecule has 31 heavy (non-hydrogen) atoms. The van der Waals surface area contributed by atoms with Gasteiger partial charge in [0.05, 0.1) is 21.7 Å². The van der Waals surface area contributed by atoms with Crippen molar-refractivity contribution in [3.8, 4) is 0 Å². The fraction of sp³-hybridized carbons (Fsp3) is 0.348. The highest BCUT2D eigenvalue weighted by Gasteiger charge is 2.49. The van der Waals surface area contributed by atoms with Gasteiger partial charge in [-0.15, -0.1) is 0 Å². The molecule has 0 atom stereocenters. The van der Waals surface area contributed by atoms with Gasteiger partial charge in [-0.1, -0.05) is 11.6 Å². The Labute approximate surface area is 184 Å². The lowest BCUT2D eigenvalue weighted by atomic mass is 9.71. The van der Waals surface area contributed by atoms with Crippen LogP contribution in [-0.4, -0.2) is 33.8 Å². The van der Waals surface area contributed by atoms with Crippen molar-refractivity contribution in [3.05, 3.63) is 65.3 Å². The minimum atomic E-state index is -0.422. The first-order chi connectivity index (χ1) is 14.9. The van der Waals surface area contributed by atoms with Gasteiger partial charge in [0, 0.05) is 31.2 Å². The Bertz CT molecular complexity index is 1170. The van der Waals surface area contributed by atoms with Crippen molar-refractivity contribution in [2.24, 2.45) is 5.41 Å². The van der Waals surface area contributed by atoms with Gasteiger partial charge in [0.2, 0.25) is 5.91 Å². The molecule has 0 radical (unpaired) electrons. The second-order valence-electron chi connectivity index (χ2n) is 8.44. The zero-order valence-corrected chi connectivity index (χ0v) is 17.6. The second kappa shape index (κ2) is 7.64. The van der Waals surface area contributed by atoms with Gasteiger partial charge in [0.15, 0.2) is 0 Å². The van der Waals surface area contributed by atoms with Crippen molar-refractivity contribution >= 4 is 34.7 Å². The van der Waals surface area contributed by atoms with Crippen LogP contribution >= 0.6 is 11.6 Å². The molecule has 1 spiro atoms. The molecule has 1 aliphatic carbocycles. The van der Waals surface area contributed by atoms with Crippen molar-refractivity contribution in [2.45, 2.75) is 38.1 Å². The molecule has 3 heterocycles. The van der Waals surface area contributed by atoms with E-state index >= 15 is 0 Å². The topological polar surface area (TPSA) is 66.7 Å². The van der Waals surface area contributed by atoms with Gasteiger partial charge in [0.25, 0.3) is 5.91 Å². The summed E-state index contributed by atoms with van der Waals surface area (Å²) in [5.41, 5.74) is 1.52. The van der Waals surface area contributed by atoms with Gasteiger partial charge in [-0.05, 0) is 62.4 Å².